The Bertz CT molecular complexity index is 7.61. The molecule has 0 radical (unpaired) electrons. The normalized spacial score (nSPS) is 5.40. The zero-order valence-electron chi connectivity index (χ0n) is 4.15. The highest BCUT2D eigenvalue weighted by Gasteiger charge is 1.38. The summed E-state index contributed by atoms with van der Waals surface area (Å²) in [7, 11) is 0.722. The van der Waals surface area contributed by atoms with Gasteiger partial charge in [0.1, 0.15) is 10.5 Å². The van der Waals surface area contributed by atoms with Gasteiger partial charge in [0.2, 0.25) is 0 Å². The molecule has 5 heavy (non-hydrogen) atoms. The second kappa shape index (κ2) is 26.1. The van der Waals surface area contributed by atoms with Crippen molar-refractivity contribution in [2.75, 3.05) is 0 Å². The van der Waals surface area contributed by atoms with Crippen LogP contribution in [0.5, 0.6) is 0 Å². The van der Waals surface area contributed by atoms with Crippen LogP contribution in [-0.2, 0) is 0 Å². The molecular formula is C2H12OSi2. The lowest BCUT2D eigenvalue weighted by Crippen LogP contribution is -1.53. The molecule has 0 amide bonds. The molecule has 34 valence electrons. The third kappa shape index (κ3) is 162. The number of hydrogen-bond acceptors (Lipinski definition) is 1. The molecule has 0 bridgehead atoms. The van der Waals surface area contributed by atoms with Gasteiger partial charge >= 0.3 is 0 Å². The molecule has 0 saturated heterocycles. The minimum atomic E-state index is 0.306. The van der Waals surface area contributed by atoms with Crippen molar-refractivity contribution < 1.29 is 4.80 Å². The lowest BCUT2D eigenvalue weighted by atomic mass is 11.9. The van der Waals surface area contributed by atoms with Gasteiger partial charge in [0.25, 0.3) is 0 Å². The summed E-state index contributed by atoms with van der Waals surface area (Å²) in [5.74, 6) is 0. The van der Waals surface area contributed by atoms with Crippen LogP contribution >= 0.6 is 0 Å². The van der Waals surface area contributed by atoms with E-state index in [1.807, 2.05) is 0 Å². The lowest BCUT2D eigenvalue weighted by molar-refractivity contribution is 0.629. The molecule has 0 aromatic carbocycles. The van der Waals surface area contributed by atoms with E-state index in [9.17, 15) is 0 Å². The first kappa shape index (κ1) is 9.04. The molecule has 0 aromatic heterocycles. The Hall–Kier alpha value is 0.394. The van der Waals surface area contributed by atoms with E-state index >= 15 is 0 Å². The molecule has 0 aliphatic rings. The molecule has 3 heteroatoms. The van der Waals surface area contributed by atoms with E-state index in [1.165, 1.54) is 0 Å². The predicted octanol–water partition coefficient (Wildman–Crippen LogP) is -1.49. The number of rotatable bonds is 0. The molecule has 0 fully saturated rings. The topological polar surface area (TPSA) is 20.2 Å². The molecule has 0 saturated carbocycles. The fourth-order valence-electron chi connectivity index (χ4n) is 0. The van der Waals surface area contributed by atoms with Gasteiger partial charge in [-0.05, 0) is 0 Å². The first-order valence-electron chi connectivity index (χ1n) is 1.86. The summed E-state index contributed by atoms with van der Waals surface area (Å²) in [4.78, 5) is 7.14. The van der Waals surface area contributed by atoms with E-state index in [4.69, 9.17) is 4.80 Å². The smallest absolute Gasteiger partial charge is 0.141 e. The maximum absolute atomic E-state index is 7.14. The molecule has 1 N–H and O–H groups in total. The van der Waals surface area contributed by atoms with Gasteiger partial charge in [0.05, 0.1) is 0 Å². The van der Waals surface area contributed by atoms with Crippen molar-refractivity contribution in [1.82, 2.24) is 0 Å². The third-order valence-corrected chi connectivity index (χ3v) is 0. The molecule has 0 aliphatic heterocycles. The highest BCUT2D eigenvalue weighted by molar-refractivity contribution is 6.31. The molecule has 0 unspecified atom stereocenters. The summed E-state index contributed by atoms with van der Waals surface area (Å²) >= 11 is 0. The van der Waals surface area contributed by atoms with Gasteiger partial charge in [-0.15, -0.1) is 0 Å². The van der Waals surface area contributed by atoms with Crippen molar-refractivity contribution in [3.8, 4) is 0 Å². The Balaban J connectivity index is 0. The molecule has 0 heterocycles. The Kier molecular flexibility index (Phi) is 47.1. The molecular weight excluding hydrogens is 96.2 g/mol. The molecule has 1 nitrogen and oxygen atoms in total. The van der Waals surface area contributed by atoms with Gasteiger partial charge in [-0.3, -0.25) is 0 Å². The van der Waals surface area contributed by atoms with Gasteiger partial charge < -0.3 is 4.80 Å². The molecule has 0 aromatic rings. The fraction of sp³-hybridized carbons (Fsp3) is 1.00. The van der Waals surface area contributed by atoms with E-state index in [2.05, 4.69) is 13.1 Å². The maximum atomic E-state index is 7.14. The Morgan fingerprint density at radius 2 is 1.40 bits per heavy atom. The standard InChI is InChI=1S/C2H8Si.H4OSi/c1-3-2;1-2/h3H2,1-2H3;1H,2H3. The van der Waals surface area contributed by atoms with Crippen LogP contribution in [0.1, 0.15) is 0 Å². The molecule has 0 atom stereocenters. The first-order chi connectivity index (χ1) is 2.41. The van der Waals surface area contributed by atoms with Crippen molar-refractivity contribution in [1.29, 1.82) is 0 Å². The average molecular weight is 108 g/mol. The quantitative estimate of drug-likeness (QED) is 0.375. The van der Waals surface area contributed by atoms with E-state index in [-0.39, 0.29) is 0 Å². The number of hydrogen-bond donors (Lipinski definition) is 1. The van der Waals surface area contributed by atoms with E-state index < -0.39 is 0 Å². The van der Waals surface area contributed by atoms with Crippen LogP contribution in [0.3, 0.4) is 0 Å². The van der Waals surface area contributed by atoms with Gasteiger partial charge in [-0.25, -0.2) is 0 Å². The highest BCUT2D eigenvalue weighted by Crippen LogP contribution is 1.36. The van der Waals surface area contributed by atoms with Crippen molar-refractivity contribution in [2.45, 2.75) is 13.1 Å². The zero-order valence-corrected chi connectivity index (χ0v) is 7.57. The molecule has 0 rings (SSSR count). The van der Waals surface area contributed by atoms with Crippen LogP contribution in [0.25, 0.3) is 0 Å². The predicted molar refractivity (Wildman–Crippen MR) is 32.4 cm³/mol. The van der Waals surface area contributed by atoms with Crippen LogP contribution in [0.2, 0.25) is 13.1 Å². The largest absolute Gasteiger partial charge is 0.442 e. The van der Waals surface area contributed by atoms with Crippen LogP contribution in [-0.4, -0.2) is 24.8 Å². The van der Waals surface area contributed by atoms with Gasteiger partial charge in [-0.2, -0.15) is 0 Å². The summed E-state index contributed by atoms with van der Waals surface area (Å²) in [6, 6.07) is 0. The van der Waals surface area contributed by atoms with Gasteiger partial charge in [0.15, 0.2) is 0 Å². The van der Waals surface area contributed by atoms with Crippen LogP contribution < -0.4 is 0 Å². The summed E-state index contributed by atoms with van der Waals surface area (Å²) in [6.07, 6.45) is 0. The molecule has 0 aliphatic carbocycles. The van der Waals surface area contributed by atoms with Crippen molar-refractivity contribution >= 4 is 20.0 Å². The Labute approximate surface area is 38.8 Å². The summed E-state index contributed by atoms with van der Waals surface area (Å²) in [5.41, 5.74) is 0. The Morgan fingerprint density at radius 1 is 1.40 bits per heavy atom. The SMILES string of the molecule is C[SiH2]C.O[SiH3]. The second-order valence-electron chi connectivity index (χ2n) is 0.707. The maximum Gasteiger partial charge on any atom is 0.141 e. The van der Waals surface area contributed by atoms with Crippen molar-refractivity contribution in [3.63, 3.8) is 0 Å². The van der Waals surface area contributed by atoms with E-state index in [1.54, 1.807) is 0 Å². The summed E-state index contributed by atoms with van der Waals surface area (Å²) in [6.45, 7) is 4.53. The minimum absolute atomic E-state index is 0.306. The molecule has 0 spiro atoms. The minimum Gasteiger partial charge on any atom is -0.442 e. The second-order valence-corrected chi connectivity index (χ2v) is 2.12. The van der Waals surface area contributed by atoms with Gasteiger partial charge in [0, 0.05) is 9.52 Å². The lowest BCUT2D eigenvalue weighted by Gasteiger charge is -1.45. The zero-order chi connectivity index (χ0) is 4.71. The third-order valence-electron chi connectivity index (χ3n) is 0. The van der Waals surface area contributed by atoms with Crippen LogP contribution in [0.15, 0.2) is 0 Å². The van der Waals surface area contributed by atoms with Crippen molar-refractivity contribution in [3.05, 3.63) is 0 Å². The first-order valence-corrected chi connectivity index (χ1v) is 5.58. The van der Waals surface area contributed by atoms with E-state index in [0.717, 1.165) is 0 Å². The van der Waals surface area contributed by atoms with E-state index in [0.29, 0.717) is 20.0 Å². The van der Waals surface area contributed by atoms with Crippen LogP contribution in [0.4, 0.5) is 0 Å². The Morgan fingerprint density at radius 3 is 1.40 bits per heavy atom. The monoisotopic (exact) mass is 108 g/mol. The van der Waals surface area contributed by atoms with Crippen molar-refractivity contribution in [2.24, 2.45) is 0 Å². The average Bonchev–Trinajstić information content (AvgIpc) is 1.46. The van der Waals surface area contributed by atoms with Crippen LogP contribution in [0, 0.1) is 0 Å². The highest BCUT2D eigenvalue weighted by atomic mass is 28.2. The summed E-state index contributed by atoms with van der Waals surface area (Å²) < 4.78 is 0. The fourth-order valence-corrected chi connectivity index (χ4v) is 0. The van der Waals surface area contributed by atoms with Gasteiger partial charge in [-0.1, -0.05) is 13.1 Å². The summed E-state index contributed by atoms with van der Waals surface area (Å²) in [5, 5.41) is 0.